The van der Waals surface area contributed by atoms with Gasteiger partial charge in [-0.25, -0.2) is 0 Å². The predicted octanol–water partition coefficient (Wildman–Crippen LogP) is 6.59. The second-order valence-electron chi connectivity index (χ2n) is 7.70. The van der Waals surface area contributed by atoms with Crippen LogP contribution in [0.1, 0.15) is 11.1 Å². The highest BCUT2D eigenvalue weighted by Gasteiger charge is 2.40. The van der Waals surface area contributed by atoms with Crippen LogP contribution in [-0.2, 0) is 16.0 Å². The maximum absolute atomic E-state index is 13.5. The highest BCUT2D eigenvalue weighted by atomic mass is 79.9. The number of rotatable bonds is 5. The van der Waals surface area contributed by atoms with E-state index in [0.29, 0.717) is 22.8 Å². The number of nitriles is 1. The van der Waals surface area contributed by atoms with E-state index in [1.165, 1.54) is 16.7 Å². The summed E-state index contributed by atoms with van der Waals surface area (Å²) in [6.07, 6.45) is 0.482. The Hall–Kier alpha value is -2.86. The first kappa shape index (κ1) is 24.3. The lowest BCUT2D eigenvalue weighted by atomic mass is 10.1. The van der Waals surface area contributed by atoms with Crippen molar-refractivity contribution in [3.8, 4) is 6.07 Å². The average molecular weight is 597 g/mol. The summed E-state index contributed by atoms with van der Waals surface area (Å²) in [6.45, 7) is 1.96. The molecule has 0 aliphatic carbocycles. The zero-order valence-corrected chi connectivity index (χ0v) is 22.1. The van der Waals surface area contributed by atoms with Gasteiger partial charge in [0.2, 0.25) is 5.91 Å². The van der Waals surface area contributed by atoms with Crippen LogP contribution in [0.2, 0.25) is 0 Å². The lowest BCUT2D eigenvalue weighted by Crippen LogP contribution is -2.30. The summed E-state index contributed by atoms with van der Waals surface area (Å²) < 4.78 is 1.84. The van der Waals surface area contributed by atoms with Gasteiger partial charge in [-0.15, -0.1) is 0 Å². The number of anilines is 2. The van der Waals surface area contributed by atoms with Crippen LogP contribution in [0.15, 0.2) is 92.3 Å². The molecule has 1 saturated heterocycles. The Labute approximate surface area is 219 Å². The van der Waals surface area contributed by atoms with Crippen LogP contribution in [0.25, 0.3) is 0 Å². The van der Waals surface area contributed by atoms with Crippen molar-refractivity contribution in [2.24, 2.45) is 0 Å². The van der Waals surface area contributed by atoms with Crippen molar-refractivity contribution < 1.29 is 9.59 Å². The number of hydrogen-bond acceptors (Lipinski definition) is 4. The molecule has 3 aromatic rings. The number of benzene rings is 3. The van der Waals surface area contributed by atoms with Crippen molar-refractivity contribution in [1.29, 1.82) is 5.26 Å². The minimum absolute atomic E-state index is 0.0971. The van der Waals surface area contributed by atoms with Crippen LogP contribution in [0, 0.1) is 18.3 Å². The molecule has 1 aliphatic heterocycles. The Bertz CT molecular complexity index is 1300. The Kier molecular flexibility index (Phi) is 7.57. The zero-order chi connectivity index (χ0) is 24.2. The van der Waals surface area contributed by atoms with Crippen LogP contribution in [0.3, 0.4) is 0 Å². The van der Waals surface area contributed by atoms with E-state index in [-0.39, 0.29) is 11.5 Å². The largest absolute Gasteiger partial charge is 0.321 e. The van der Waals surface area contributed by atoms with Crippen molar-refractivity contribution in [3.63, 3.8) is 0 Å². The minimum atomic E-state index is -0.554. The van der Waals surface area contributed by atoms with Crippen LogP contribution in [0.4, 0.5) is 11.4 Å². The van der Waals surface area contributed by atoms with Crippen LogP contribution < -0.4 is 10.2 Å². The van der Waals surface area contributed by atoms with E-state index in [9.17, 15) is 14.9 Å². The first-order valence-corrected chi connectivity index (χ1v) is 12.9. The normalized spacial score (nSPS) is 16.8. The topological polar surface area (TPSA) is 73.2 Å². The monoisotopic (exact) mass is 595 g/mol. The number of halogens is 2. The van der Waals surface area contributed by atoms with E-state index in [0.717, 1.165) is 20.1 Å². The first-order chi connectivity index (χ1) is 16.4. The van der Waals surface area contributed by atoms with Crippen LogP contribution in [0.5, 0.6) is 0 Å². The SMILES string of the molecule is Cc1ccc(N2C(=O)C(Cc3ccc(Br)cc3)SC2=C(C#N)C(=O)Nc2ccc(Br)cc2)cc1. The van der Waals surface area contributed by atoms with E-state index < -0.39 is 11.2 Å². The smallest absolute Gasteiger partial charge is 0.269 e. The molecule has 0 aromatic heterocycles. The number of aryl methyl sites for hydroxylation is 1. The molecule has 4 rings (SSSR count). The van der Waals surface area contributed by atoms with Crippen LogP contribution in [-0.4, -0.2) is 17.1 Å². The number of hydrogen-bond donors (Lipinski definition) is 1. The molecule has 1 unspecified atom stereocenters. The molecule has 8 heteroatoms. The summed E-state index contributed by atoms with van der Waals surface area (Å²) in [5, 5.41) is 12.6. The molecule has 0 spiro atoms. The summed E-state index contributed by atoms with van der Waals surface area (Å²) in [7, 11) is 0. The Morgan fingerprint density at radius 1 is 1.00 bits per heavy atom. The van der Waals surface area contributed by atoms with Gasteiger partial charge in [0.15, 0.2) is 0 Å². The molecule has 1 aliphatic rings. The third-order valence-corrected chi connectivity index (χ3v) is 7.55. The third kappa shape index (κ3) is 5.44. The summed E-state index contributed by atoms with van der Waals surface area (Å²) in [5.74, 6) is -0.711. The minimum Gasteiger partial charge on any atom is -0.321 e. The molecule has 1 heterocycles. The number of amides is 2. The molecule has 1 N–H and O–H groups in total. The summed E-state index contributed by atoms with van der Waals surface area (Å²) in [6, 6.07) is 24.4. The molecule has 1 fully saturated rings. The number of thioether (sulfide) groups is 1. The molecule has 170 valence electrons. The molecule has 0 radical (unpaired) electrons. The highest BCUT2D eigenvalue weighted by molar-refractivity contribution is 9.10. The van der Waals surface area contributed by atoms with Crippen molar-refractivity contribution in [2.75, 3.05) is 10.2 Å². The fourth-order valence-corrected chi connectivity index (χ4v) is 5.31. The van der Waals surface area contributed by atoms with Gasteiger partial charge in [0, 0.05) is 20.3 Å². The van der Waals surface area contributed by atoms with Crippen molar-refractivity contribution in [3.05, 3.63) is 103 Å². The fourth-order valence-electron chi connectivity index (χ4n) is 3.48. The van der Waals surface area contributed by atoms with Gasteiger partial charge < -0.3 is 5.32 Å². The van der Waals surface area contributed by atoms with Gasteiger partial charge in [-0.3, -0.25) is 14.5 Å². The van der Waals surface area contributed by atoms with Gasteiger partial charge in [0.05, 0.1) is 5.25 Å². The Balaban J connectivity index is 1.71. The molecular weight excluding hydrogens is 578 g/mol. The standard InChI is InChI=1S/C26H19Br2N3O2S/c1-16-2-12-21(13-3-16)31-25(33)23(14-17-4-6-18(27)7-5-17)34-26(31)22(15-29)24(32)30-20-10-8-19(28)9-11-20/h2-13,23H,14H2,1H3,(H,30,32). The second-order valence-corrected chi connectivity index (χ2v) is 10.7. The lowest BCUT2D eigenvalue weighted by Gasteiger charge is -2.19. The van der Waals surface area contributed by atoms with Gasteiger partial charge in [-0.2, -0.15) is 5.26 Å². The lowest BCUT2D eigenvalue weighted by molar-refractivity contribution is -0.117. The zero-order valence-electron chi connectivity index (χ0n) is 18.1. The second kappa shape index (κ2) is 10.6. The van der Waals surface area contributed by atoms with E-state index >= 15 is 0 Å². The Morgan fingerprint density at radius 3 is 2.18 bits per heavy atom. The molecule has 2 amide bonds. The maximum Gasteiger partial charge on any atom is 0.269 e. The van der Waals surface area contributed by atoms with Crippen molar-refractivity contribution in [2.45, 2.75) is 18.6 Å². The van der Waals surface area contributed by atoms with Gasteiger partial charge in [0.1, 0.15) is 16.7 Å². The van der Waals surface area contributed by atoms with Crippen LogP contribution >= 0.6 is 43.6 Å². The molecule has 5 nitrogen and oxygen atoms in total. The number of nitrogens with zero attached hydrogens (tertiary/aromatic N) is 2. The predicted molar refractivity (Wildman–Crippen MR) is 143 cm³/mol. The maximum atomic E-state index is 13.5. The van der Waals surface area contributed by atoms with E-state index in [1.807, 2.05) is 61.5 Å². The molecule has 3 aromatic carbocycles. The summed E-state index contributed by atoms with van der Waals surface area (Å²) in [4.78, 5) is 28.1. The molecule has 0 saturated carbocycles. The van der Waals surface area contributed by atoms with Gasteiger partial charge in [-0.05, 0) is 67.4 Å². The number of nitrogens with one attached hydrogen (secondary N) is 1. The van der Waals surface area contributed by atoms with E-state index in [1.54, 1.807) is 24.3 Å². The number of carbonyl (C=O) groups is 2. The van der Waals surface area contributed by atoms with Gasteiger partial charge in [-0.1, -0.05) is 73.5 Å². The van der Waals surface area contributed by atoms with E-state index in [2.05, 4.69) is 37.2 Å². The molecule has 0 bridgehead atoms. The van der Waals surface area contributed by atoms with Gasteiger partial charge >= 0.3 is 0 Å². The quantitative estimate of drug-likeness (QED) is 0.266. The number of carbonyl (C=O) groups excluding carboxylic acids is 2. The third-order valence-electron chi connectivity index (χ3n) is 5.23. The first-order valence-electron chi connectivity index (χ1n) is 10.4. The van der Waals surface area contributed by atoms with E-state index in [4.69, 9.17) is 0 Å². The summed E-state index contributed by atoms with van der Waals surface area (Å²) >= 11 is 8.05. The van der Waals surface area contributed by atoms with Gasteiger partial charge in [0.25, 0.3) is 5.91 Å². The summed E-state index contributed by atoms with van der Waals surface area (Å²) in [5.41, 5.74) is 3.13. The average Bonchev–Trinajstić information content (AvgIpc) is 3.13. The fraction of sp³-hybridized carbons (Fsp3) is 0.115. The highest BCUT2D eigenvalue weighted by Crippen LogP contribution is 2.42. The Morgan fingerprint density at radius 2 is 1.59 bits per heavy atom. The molecular formula is C26H19Br2N3O2S. The van der Waals surface area contributed by atoms with Crippen molar-refractivity contribution >= 4 is 66.8 Å². The molecule has 34 heavy (non-hydrogen) atoms. The molecule has 1 atom stereocenters. The van der Waals surface area contributed by atoms with Crippen molar-refractivity contribution in [1.82, 2.24) is 0 Å².